The van der Waals surface area contributed by atoms with E-state index >= 15 is 0 Å². The van der Waals surface area contributed by atoms with Gasteiger partial charge in [0.25, 0.3) is 0 Å². The molecular weight excluding hydrogens is 354 g/mol. The SMILES string of the molecule is Cc1c(N)cccc1Cc1c(C)c2ccc(Oc3ncccn3)cc2oc1=O. The molecule has 0 saturated carbocycles. The van der Waals surface area contributed by atoms with Crippen molar-refractivity contribution in [1.82, 2.24) is 9.97 Å². The maximum atomic E-state index is 12.7. The average Bonchev–Trinajstić information content (AvgIpc) is 2.69. The molecule has 2 N–H and O–H groups in total. The number of aromatic nitrogens is 2. The number of nitrogens with zero attached hydrogens (tertiary/aromatic N) is 2. The van der Waals surface area contributed by atoms with Crippen LogP contribution in [0.25, 0.3) is 11.0 Å². The molecule has 0 saturated heterocycles. The summed E-state index contributed by atoms with van der Waals surface area (Å²) in [4.78, 5) is 20.7. The second-order valence-electron chi connectivity index (χ2n) is 6.59. The lowest BCUT2D eigenvalue weighted by Crippen LogP contribution is -2.12. The Morgan fingerprint density at radius 3 is 2.61 bits per heavy atom. The van der Waals surface area contributed by atoms with E-state index in [1.807, 2.05) is 38.1 Å². The van der Waals surface area contributed by atoms with E-state index in [1.54, 1.807) is 30.6 Å². The molecule has 0 aliphatic rings. The van der Waals surface area contributed by atoms with E-state index in [2.05, 4.69) is 9.97 Å². The lowest BCUT2D eigenvalue weighted by molar-refractivity contribution is 0.440. The Bertz CT molecular complexity index is 1220. The van der Waals surface area contributed by atoms with E-state index in [-0.39, 0.29) is 11.6 Å². The van der Waals surface area contributed by atoms with Crippen molar-refractivity contribution in [2.45, 2.75) is 20.3 Å². The zero-order chi connectivity index (χ0) is 19.7. The van der Waals surface area contributed by atoms with Gasteiger partial charge < -0.3 is 14.9 Å². The van der Waals surface area contributed by atoms with Crippen molar-refractivity contribution in [3.05, 3.63) is 87.5 Å². The fourth-order valence-corrected chi connectivity index (χ4v) is 3.17. The van der Waals surface area contributed by atoms with E-state index < -0.39 is 0 Å². The number of anilines is 1. The van der Waals surface area contributed by atoms with Gasteiger partial charge in [-0.3, -0.25) is 0 Å². The Labute approximate surface area is 161 Å². The van der Waals surface area contributed by atoms with Crippen molar-refractivity contribution in [3.8, 4) is 11.8 Å². The molecule has 0 fully saturated rings. The number of nitrogen functional groups attached to an aromatic ring is 1. The first kappa shape index (κ1) is 17.7. The molecule has 2 heterocycles. The molecule has 140 valence electrons. The van der Waals surface area contributed by atoms with Gasteiger partial charge in [0.2, 0.25) is 0 Å². The molecule has 2 aromatic carbocycles. The molecular formula is C22H19N3O3. The normalized spacial score (nSPS) is 10.9. The van der Waals surface area contributed by atoms with Crippen LogP contribution in [-0.2, 0) is 6.42 Å². The van der Waals surface area contributed by atoms with Crippen molar-refractivity contribution >= 4 is 16.7 Å². The van der Waals surface area contributed by atoms with Crippen molar-refractivity contribution in [2.75, 3.05) is 5.73 Å². The second kappa shape index (κ2) is 7.15. The van der Waals surface area contributed by atoms with Crippen molar-refractivity contribution < 1.29 is 9.15 Å². The van der Waals surface area contributed by atoms with Crippen molar-refractivity contribution in [2.24, 2.45) is 0 Å². The molecule has 0 radical (unpaired) electrons. The van der Waals surface area contributed by atoms with Gasteiger partial charge in [-0.25, -0.2) is 14.8 Å². The highest BCUT2D eigenvalue weighted by Crippen LogP contribution is 2.27. The molecule has 0 spiro atoms. The molecule has 4 aromatic rings. The van der Waals surface area contributed by atoms with Gasteiger partial charge in [0.05, 0.1) is 0 Å². The third-order valence-corrected chi connectivity index (χ3v) is 4.87. The monoisotopic (exact) mass is 373 g/mol. The summed E-state index contributed by atoms with van der Waals surface area (Å²) in [7, 11) is 0. The Hall–Kier alpha value is -3.67. The molecule has 0 atom stereocenters. The summed E-state index contributed by atoms with van der Waals surface area (Å²) in [5.41, 5.74) is 10.3. The molecule has 6 nitrogen and oxygen atoms in total. The van der Waals surface area contributed by atoms with Crippen LogP contribution in [0.5, 0.6) is 11.8 Å². The Kier molecular flexibility index (Phi) is 4.53. The summed E-state index contributed by atoms with van der Waals surface area (Å²) in [5, 5.41) is 0.859. The Morgan fingerprint density at radius 2 is 1.82 bits per heavy atom. The van der Waals surface area contributed by atoms with Crippen LogP contribution in [0.2, 0.25) is 0 Å². The quantitative estimate of drug-likeness (QED) is 0.426. The molecule has 6 heteroatoms. The zero-order valence-corrected chi connectivity index (χ0v) is 15.6. The van der Waals surface area contributed by atoms with Gasteiger partial charge in [0.1, 0.15) is 11.3 Å². The van der Waals surface area contributed by atoms with Crippen LogP contribution in [0.1, 0.15) is 22.3 Å². The van der Waals surface area contributed by atoms with Crippen LogP contribution in [0, 0.1) is 13.8 Å². The number of nitrogens with two attached hydrogens (primary N) is 1. The van der Waals surface area contributed by atoms with Gasteiger partial charge in [-0.2, -0.15) is 0 Å². The molecule has 0 aliphatic heterocycles. The number of aryl methyl sites for hydroxylation is 1. The highest BCUT2D eigenvalue weighted by atomic mass is 16.5. The van der Waals surface area contributed by atoms with Crippen molar-refractivity contribution in [3.63, 3.8) is 0 Å². The Balaban J connectivity index is 1.73. The number of rotatable bonds is 4. The van der Waals surface area contributed by atoms with E-state index in [0.717, 1.165) is 22.1 Å². The molecule has 0 amide bonds. The molecule has 0 unspecified atom stereocenters. The molecule has 2 aromatic heterocycles. The molecule has 4 rings (SSSR count). The number of fused-ring (bicyclic) bond motifs is 1. The Morgan fingerprint density at radius 1 is 1.04 bits per heavy atom. The van der Waals surface area contributed by atoms with Crippen molar-refractivity contribution in [1.29, 1.82) is 0 Å². The fraction of sp³-hybridized carbons (Fsp3) is 0.136. The third kappa shape index (κ3) is 3.32. The smallest absolute Gasteiger partial charge is 0.340 e. The van der Waals surface area contributed by atoms with E-state index in [9.17, 15) is 4.79 Å². The van der Waals surface area contributed by atoms with Crippen LogP contribution < -0.4 is 16.1 Å². The van der Waals surface area contributed by atoms with Gasteiger partial charge in [0.15, 0.2) is 0 Å². The lowest BCUT2D eigenvalue weighted by Gasteiger charge is -2.11. The topological polar surface area (TPSA) is 91.2 Å². The van der Waals surface area contributed by atoms with E-state index in [0.29, 0.717) is 29.0 Å². The number of benzene rings is 2. The highest BCUT2D eigenvalue weighted by Gasteiger charge is 2.14. The van der Waals surface area contributed by atoms with Crippen LogP contribution in [0.15, 0.2) is 64.1 Å². The fourth-order valence-electron chi connectivity index (χ4n) is 3.17. The number of ether oxygens (including phenoxy) is 1. The summed E-state index contributed by atoms with van der Waals surface area (Å²) >= 11 is 0. The highest BCUT2D eigenvalue weighted by molar-refractivity contribution is 5.82. The maximum Gasteiger partial charge on any atom is 0.340 e. The predicted octanol–water partition coefficient (Wildman–Crippen LogP) is 4.17. The van der Waals surface area contributed by atoms with Crippen LogP contribution in [0.4, 0.5) is 5.69 Å². The summed E-state index contributed by atoms with van der Waals surface area (Å²) in [6, 6.07) is 13.0. The van der Waals surface area contributed by atoms with Gasteiger partial charge in [-0.05, 0) is 54.8 Å². The summed E-state index contributed by atoms with van der Waals surface area (Å²) in [6.07, 6.45) is 3.66. The van der Waals surface area contributed by atoms with Gasteiger partial charge >= 0.3 is 11.6 Å². The van der Waals surface area contributed by atoms with Crippen LogP contribution in [-0.4, -0.2) is 9.97 Å². The first-order chi connectivity index (χ1) is 13.5. The first-order valence-electron chi connectivity index (χ1n) is 8.88. The van der Waals surface area contributed by atoms with E-state index in [4.69, 9.17) is 14.9 Å². The maximum absolute atomic E-state index is 12.7. The van der Waals surface area contributed by atoms with E-state index in [1.165, 1.54) is 0 Å². The minimum atomic E-state index is -0.361. The van der Waals surface area contributed by atoms with Crippen LogP contribution in [0.3, 0.4) is 0 Å². The number of hydrogen-bond donors (Lipinski definition) is 1. The summed E-state index contributed by atoms with van der Waals surface area (Å²) in [6.45, 7) is 3.88. The average molecular weight is 373 g/mol. The summed E-state index contributed by atoms with van der Waals surface area (Å²) in [5.74, 6) is 0.501. The molecule has 0 aliphatic carbocycles. The van der Waals surface area contributed by atoms with Gasteiger partial charge in [-0.1, -0.05) is 12.1 Å². The third-order valence-electron chi connectivity index (χ3n) is 4.87. The zero-order valence-electron chi connectivity index (χ0n) is 15.6. The minimum Gasteiger partial charge on any atom is -0.424 e. The lowest BCUT2D eigenvalue weighted by atomic mass is 9.96. The number of hydrogen-bond acceptors (Lipinski definition) is 6. The van der Waals surface area contributed by atoms with Crippen LogP contribution >= 0.6 is 0 Å². The molecule has 28 heavy (non-hydrogen) atoms. The first-order valence-corrected chi connectivity index (χ1v) is 8.88. The predicted molar refractivity (Wildman–Crippen MR) is 108 cm³/mol. The van der Waals surface area contributed by atoms with Gasteiger partial charge in [0, 0.05) is 41.5 Å². The second-order valence-corrected chi connectivity index (χ2v) is 6.59. The molecule has 0 bridgehead atoms. The largest absolute Gasteiger partial charge is 0.424 e. The summed E-state index contributed by atoms with van der Waals surface area (Å²) < 4.78 is 11.2. The van der Waals surface area contributed by atoms with Gasteiger partial charge in [-0.15, -0.1) is 0 Å². The minimum absolute atomic E-state index is 0.231. The standard InChI is InChI=1S/C22H19N3O3/c1-13-15(5-3-6-19(13)23)11-18-14(2)17-8-7-16(12-20(17)28-21(18)26)27-22-24-9-4-10-25-22/h3-10,12H,11,23H2,1-2H3.